The fourth-order valence-electron chi connectivity index (χ4n) is 3.43. The van der Waals surface area contributed by atoms with Gasteiger partial charge in [0.25, 0.3) is 0 Å². The van der Waals surface area contributed by atoms with Gasteiger partial charge in [0.2, 0.25) is 5.91 Å². The van der Waals surface area contributed by atoms with Crippen molar-refractivity contribution >= 4 is 5.91 Å². The Hall–Kier alpha value is -1.66. The van der Waals surface area contributed by atoms with Crippen molar-refractivity contribution in [3.05, 3.63) is 29.6 Å². The van der Waals surface area contributed by atoms with Crippen molar-refractivity contribution in [3.8, 4) is 5.75 Å². The van der Waals surface area contributed by atoms with Crippen molar-refractivity contribution in [3.63, 3.8) is 0 Å². The molecular formula is C18H25FN2O3. The van der Waals surface area contributed by atoms with E-state index in [9.17, 15) is 14.3 Å². The number of carbonyl (C=O) groups excluding carboxylic acids is 1. The summed E-state index contributed by atoms with van der Waals surface area (Å²) in [4.78, 5) is 16.8. The smallest absolute Gasteiger partial charge is 0.227 e. The normalized spacial score (nSPS) is 22.5. The first-order chi connectivity index (χ1) is 11.6. The Morgan fingerprint density at radius 1 is 1.25 bits per heavy atom. The Balaban J connectivity index is 1.58. The maximum absolute atomic E-state index is 13.4. The molecule has 5 nitrogen and oxygen atoms in total. The lowest BCUT2D eigenvalue weighted by molar-refractivity contribution is -0.131. The van der Waals surface area contributed by atoms with Crippen LogP contribution in [0.4, 0.5) is 4.39 Å². The van der Waals surface area contributed by atoms with Gasteiger partial charge in [-0.1, -0.05) is 6.07 Å². The molecule has 0 aromatic heterocycles. The molecular weight excluding hydrogens is 311 g/mol. The summed E-state index contributed by atoms with van der Waals surface area (Å²) in [6.45, 7) is 5.04. The van der Waals surface area contributed by atoms with E-state index in [1.807, 2.05) is 4.90 Å². The van der Waals surface area contributed by atoms with E-state index in [4.69, 9.17) is 4.74 Å². The van der Waals surface area contributed by atoms with Crippen LogP contribution in [0.3, 0.4) is 0 Å². The van der Waals surface area contributed by atoms with Gasteiger partial charge in [-0.3, -0.25) is 4.79 Å². The third-order valence-corrected chi connectivity index (χ3v) is 4.73. The third-order valence-electron chi connectivity index (χ3n) is 4.73. The Kier molecular flexibility index (Phi) is 5.68. The highest BCUT2D eigenvalue weighted by Crippen LogP contribution is 2.18. The van der Waals surface area contributed by atoms with Crippen LogP contribution in [0.1, 0.15) is 24.8 Å². The van der Waals surface area contributed by atoms with Crippen LogP contribution in [0, 0.1) is 5.82 Å². The molecule has 132 valence electrons. The molecule has 1 aromatic carbocycles. The number of hydrogen-bond acceptors (Lipinski definition) is 4. The minimum absolute atomic E-state index is 0.0167. The zero-order valence-electron chi connectivity index (χ0n) is 13.9. The Morgan fingerprint density at radius 2 is 2.04 bits per heavy atom. The molecule has 2 heterocycles. The second-order valence-electron chi connectivity index (χ2n) is 6.66. The first kappa shape index (κ1) is 17.2. The van der Waals surface area contributed by atoms with E-state index in [2.05, 4.69) is 4.90 Å². The summed E-state index contributed by atoms with van der Waals surface area (Å²) in [5, 5.41) is 9.24. The standard InChI is InChI=1S/C18H25FN2O3/c19-16-10-14(4-5-17(16)22)11-18(23)21-8-3-9-24-15(13-21)12-20-6-1-2-7-20/h4-5,10,15,22H,1-3,6-9,11-13H2/t15-/m0/s1. The number of carbonyl (C=O) groups is 1. The lowest BCUT2D eigenvalue weighted by Gasteiger charge is -2.27. The molecule has 0 saturated carbocycles. The number of rotatable bonds is 4. The second-order valence-corrected chi connectivity index (χ2v) is 6.66. The number of nitrogens with zero attached hydrogens (tertiary/aromatic N) is 2. The van der Waals surface area contributed by atoms with Gasteiger partial charge < -0.3 is 19.6 Å². The predicted molar refractivity (Wildman–Crippen MR) is 88.4 cm³/mol. The molecule has 2 fully saturated rings. The number of likely N-dealkylation sites (tertiary alicyclic amines) is 1. The molecule has 1 amide bonds. The van der Waals surface area contributed by atoms with Crippen LogP contribution in [-0.2, 0) is 16.0 Å². The minimum atomic E-state index is -0.689. The van der Waals surface area contributed by atoms with Crippen molar-refractivity contribution < 1.29 is 19.0 Å². The highest BCUT2D eigenvalue weighted by molar-refractivity contribution is 5.78. The topological polar surface area (TPSA) is 53.0 Å². The van der Waals surface area contributed by atoms with Crippen LogP contribution in [0.5, 0.6) is 5.75 Å². The minimum Gasteiger partial charge on any atom is -0.505 e. The number of ether oxygens (including phenoxy) is 1. The Morgan fingerprint density at radius 3 is 2.79 bits per heavy atom. The molecule has 24 heavy (non-hydrogen) atoms. The quantitative estimate of drug-likeness (QED) is 0.911. The molecule has 0 bridgehead atoms. The van der Waals surface area contributed by atoms with Crippen molar-refractivity contribution in [2.45, 2.75) is 31.8 Å². The van der Waals surface area contributed by atoms with Crippen molar-refractivity contribution in [2.75, 3.05) is 39.3 Å². The summed E-state index contributed by atoms with van der Waals surface area (Å²) in [7, 11) is 0. The van der Waals surface area contributed by atoms with E-state index < -0.39 is 5.82 Å². The maximum Gasteiger partial charge on any atom is 0.227 e. The zero-order chi connectivity index (χ0) is 16.9. The summed E-state index contributed by atoms with van der Waals surface area (Å²) in [6, 6.07) is 4.11. The van der Waals surface area contributed by atoms with Crippen LogP contribution < -0.4 is 0 Å². The van der Waals surface area contributed by atoms with Gasteiger partial charge in [0.15, 0.2) is 11.6 Å². The lowest BCUT2D eigenvalue weighted by Crippen LogP contribution is -2.42. The fourth-order valence-corrected chi connectivity index (χ4v) is 3.43. The van der Waals surface area contributed by atoms with Crippen LogP contribution in [0.2, 0.25) is 0 Å². The summed E-state index contributed by atoms with van der Waals surface area (Å²) in [5.41, 5.74) is 0.580. The summed E-state index contributed by atoms with van der Waals surface area (Å²) in [6.07, 6.45) is 3.50. The highest BCUT2D eigenvalue weighted by Gasteiger charge is 2.25. The van der Waals surface area contributed by atoms with Crippen molar-refractivity contribution in [1.82, 2.24) is 9.80 Å². The molecule has 2 saturated heterocycles. The molecule has 0 radical (unpaired) electrons. The summed E-state index contributed by atoms with van der Waals surface area (Å²) in [5.74, 6) is -1.09. The third kappa shape index (κ3) is 4.45. The molecule has 0 aliphatic carbocycles. The maximum atomic E-state index is 13.4. The van der Waals surface area contributed by atoms with Gasteiger partial charge in [-0.15, -0.1) is 0 Å². The summed E-state index contributed by atoms with van der Waals surface area (Å²) < 4.78 is 19.3. The summed E-state index contributed by atoms with van der Waals surface area (Å²) >= 11 is 0. The van der Waals surface area contributed by atoms with Crippen molar-refractivity contribution in [1.29, 1.82) is 0 Å². The van der Waals surface area contributed by atoms with Crippen LogP contribution in [0.15, 0.2) is 18.2 Å². The lowest BCUT2D eigenvalue weighted by atomic mass is 10.1. The van der Waals surface area contributed by atoms with E-state index in [1.165, 1.54) is 25.0 Å². The van der Waals surface area contributed by atoms with Crippen LogP contribution in [-0.4, -0.2) is 66.2 Å². The first-order valence-corrected chi connectivity index (χ1v) is 8.71. The molecule has 6 heteroatoms. The van der Waals surface area contributed by atoms with Gasteiger partial charge >= 0.3 is 0 Å². The fraction of sp³-hybridized carbons (Fsp3) is 0.611. The molecule has 0 spiro atoms. The number of amides is 1. The van der Waals surface area contributed by atoms with E-state index in [0.717, 1.165) is 26.1 Å². The highest BCUT2D eigenvalue weighted by atomic mass is 19.1. The molecule has 1 aromatic rings. The molecule has 3 rings (SSSR count). The van der Waals surface area contributed by atoms with Crippen molar-refractivity contribution in [2.24, 2.45) is 0 Å². The van der Waals surface area contributed by atoms with Crippen LogP contribution >= 0.6 is 0 Å². The van der Waals surface area contributed by atoms with Gasteiger partial charge in [-0.25, -0.2) is 4.39 Å². The average molecular weight is 336 g/mol. The molecule has 2 aliphatic heterocycles. The Bertz CT molecular complexity index is 575. The van der Waals surface area contributed by atoms with E-state index in [-0.39, 0.29) is 24.2 Å². The van der Waals surface area contributed by atoms with Gasteiger partial charge in [-0.05, 0) is 50.0 Å². The number of phenols is 1. The number of aromatic hydroxyl groups is 1. The zero-order valence-corrected chi connectivity index (χ0v) is 13.9. The molecule has 1 atom stereocenters. The molecule has 0 unspecified atom stereocenters. The second kappa shape index (κ2) is 7.94. The Labute approximate surface area is 142 Å². The van der Waals surface area contributed by atoms with Gasteiger partial charge in [0.05, 0.1) is 12.5 Å². The van der Waals surface area contributed by atoms with Gasteiger partial charge in [0, 0.05) is 26.2 Å². The SMILES string of the molecule is O=C(Cc1ccc(O)c(F)c1)N1CCCO[C@@H](CN2CCCC2)C1. The molecule has 2 aliphatic rings. The van der Waals surface area contributed by atoms with E-state index in [0.29, 0.717) is 25.3 Å². The monoisotopic (exact) mass is 336 g/mol. The van der Waals surface area contributed by atoms with E-state index in [1.54, 1.807) is 6.07 Å². The molecule has 1 N–H and O–H groups in total. The first-order valence-electron chi connectivity index (χ1n) is 8.71. The van der Waals surface area contributed by atoms with Gasteiger partial charge in [0.1, 0.15) is 0 Å². The van der Waals surface area contributed by atoms with Crippen LogP contribution in [0.25, 0.3) is 0 Å². The van der Waals surface area contributed by atoms with E-state index >= 15 is 0 Å². The number of hydrogen-bond donors (Lipinski definition) is 1. The predicted octanol–water partition coefficient (Wildman–Crippen LogP) is 1.79. The number of benzene rings is 1. The largest absolute Gasteiger partial charge is 0.505 e. The average Bonchev–Trinajstić information content (AvgIpc) is 2.95. The van der Waals surface area contributed by atoms with Gasteiger partial charge in [-0.2, -0.15) is 0 Å². The number of phenolic OH excluding ortho intramolecular Hbond substituents is 1. The number of halogens is 1.